The van der Waals surface area contributed by atoms with Gasteiger partial charge in [0, 0.05) is 34.7 Å². The highest BCUT2D eigenvalue weighted by Gasteiger charge is 2.29. The molecule has 1 aromatic carbocycles. The van der Waals surface area contributed by atoms with E-state index in [-0.39, 0.29) is 6.61 Å². The van der Waals surface area contributed by atoms with Gasteiger partial charge in [-0.3, -0.25) is 9.69 Å². The van der Waals surface area contributed by atoms with Gasteiger partial charge in [-0.05, 0) is 23.8 Å². The van der Waals surface area contributed by atoms with E-state index in [1.54, 1.807) is 0 Å². The Kier molecular flexibility index (Phi) is 3.78. The Morgan fingerprint density at radius 2 is 2.40 bits per heavy atom. The van der Waals surface area contributed by atoms with Crippen molar-refractivity contribution in [2.45, 2.75) is 12.6 Å². The van der Waals surface area contributed by atoms with Gasteiger partial charge in [-0.1, -0.05) is 15.9 Å². The molecular weight excluding hydrogens is 324 g/mol. The zero-order valence-corrected chi connectivity index (χ0v) is 12.4. The van der Waals surface area contributed by atoms with Crippen LogP contribution in [0.2, 0.25) is 0 Å². The van der Waals surface area contributed by atoms with Crippen LogP contribution < -0.4 is 0 Å². The number of morpholine rings is 1. The van der Waals surface area contributed by atoms with Gasteiger partial charge in [-0.15, -0.1) is 0 Å². The third kappa shape index (κ3) is 2.59. The second kappa shape index (κ2) is 5.55. The van der Waals surface area contributed by atoms with Crippen molar-refractivity contribution in [3.05, 3.63) is 34.4 Å². The van der Waals surface area contributed by atoms with Crippen LogP contribution in [0.25, 0.3) is 10.9 Å². The van der Waals surface area contributed by atoms with Crippen molar-refractivity contribution < 1.29 is 14.6 Å². The quantitative estimate of drug-likeness (QED) is 0.900. The van der Waals surface area contributed by atoms with Gasteiger partial charge >= 0.3 is 5.97 Å². The number of halogens is 1. The molecule has 0 aliphatic carbocycles. The molecule has 0 bridgehead atoms. The maximum absolute atomic E-state index is 11.3. The summed E-state index contributed by atoms with van der Waals surface area (Å²) in [4.78, 5) is 16.5. The molecular formula is C14H15BrN2O3. The zero-order valence-electron chi connectivity index (χ0n) is 10.8. The van der Waals surface area contributed by atoms with E-state index in [0.29, 0.717) is 19.7 Å². The van der Waals surface area contributed by atoms with E-state index >= 15 is 0 Å². The number of hydrogen-bond acceptors (Lipinski definition) is 3. The van der Waals surface area contributed by atoms with Gasteiger partial charge in [0.1, 0.15) is 6.04 Å². The van der Waals surface area contributed by atoms with Crippen LogP contribution >= 0.6 is 15.9 Å². The van der Waals surface area contributed by atoms with E-state index in [4.69, 9.17) is 4.74 Å². The van der Waals surface area contributed by atoms with Gasteiger partial charge in [-0.2, -0.15) is 0 Å². The predicted molar refractivity (Wildman–Crippen MR) is 78.7 cm³/mol. The van der Waals surface area contributed by atoms with Gasteiger partial charge in [0.2, 0.25) is 0 Å². The van der Waals surface area contributed by atoms with Crippen molar-refractivity contribution in [3.8, 4) is 0 Å². The van der Waals surface area contributed by atoms with E-state index in [1.807, 2.05) is 23.2 Å². The topological polar surface area (TPSA) is 65.6 Å². The molecule has 1 aliphatic rings. The zero-order chi connectivity index (χ0) is 14.1. The number of nitrogens with one attached hydrogen (secondary N) is 1. The lowest BCUT2D eigenvalue weighted by atomic mass is 10.1. The third-order valence-electron chi connectivity index (χ3n) is 3.63. The SMILES string of the molecule is O=C(O)C1COCCN1Cc1c[nH]c2ccc(Br)cc12. The Balaban J connectivity index is 1.88. The van der Waals surface area contributed by atoms with Gasteiger partial charge in [0.05, 0.1) is 13.2 Å². The van der Waals surface area contributed by atoms with Crippen LogP contribution in [0.4, 0.5) is 0 Å². The summed E-state index contributed by atoms with van der Waals surface area (Å²) >= 11 is 3.47. The highest BCUT2D eigenvalue weighted by Crippen LogP contribution is 2.24. The lowest BCUT2D eigenvalue weighted by Gasteiger charge is -2.32. The average Bonchev–Trinajstić information content (AvgIpc) is 2.82. The lowest BCUT2D eigenvalue weighted by Crippen LogP contribution is -2.49. The van der Waals surface area contributed by atoms with Crippen molar-refractivity contribution in [1.82, 2.24) is 9.88 Å². The normalized spacial score (nSPS) is 20.4. The number of ether oxygens (including phenoxy) is 1. The van der Waals surface area contributed by atoms with Gasteiger partial charge < -0.3 is 14.8 Å². The summed E-state index contributed by atoms with van der Waals surface area (Å²) in [5.41, 5.74) is 2.16. The first-order valence-corrected chi connectivity index (χ1v) is 7.24. The van der Waals surface area contributed by atoms with Crippen molar-refractivity contribution in [2.75, 3.05) is 19.8 Å². The van der Waals surface area contributed by atoms with Gasteiger partial charge in [0.15, 0.2) is 0 Å². The van der Waals surface area contributed by atoms with E-state index in [9.17, 15) is 9.90 Å². The van der Waals surface area contributed by atoms with Gasteiger partial charge in [-0.25, -0.2) is 0 Å². The Bertz CT molecular complexity index is 640. The summed E-state index contributed by atoms with van der Waals surface area (Å²) in [7, 11) is 0. The van der Waals surface area contributed by atoms with E-state index in [1.165, 1.54) is 0 Å². The fraction of sp³-hybridized carbons (Fsp3) is 0.357. The highest BCUT2D eigenvalue weighted by molar-refractivity contribution is 9.10. The van der Waals surface area contributed by atoms with Crippen LogP contribution in [-0.4, -0.2) is 46.8 Å². The maximum atomic E-state index is 11.3. The number of rotatable bonds is 3. The minimum Gasteiger partial charge on any atom is -0.480 e. The number of hydrogen-bond donors (Lipinski definition) is 2. The van der Waals surface area contributed by atoms with Crippen molar-refractivity contribution in [1.29, 1.82) is 0 Å². The summed E-state index contributed by atoms with van der Waals surface area (Å²) in [6.07, 6.45) is 1.95. The number of benzene rings is 1. The Labute approximate surface area is 124 Å². The Morgan fingerprint density at radius 3 is 3.20 bits per heavy atom. The molecule has 2 N–H and O–H groups in total. The molecule has 2 heterocycles. The number of aromatic nitrogens is 1. The van der Waals surface area contributed by atoms with Crippen LogP contribution in [0.3, 0.4) is 0 Å². The van der Waals surface area contributed by atoms with E-state index in [2.05, 4.69) is 27.0 Å². The average molecular weight is 339 g/mol. The fourth-order valence-electron chi connectivity index (χ4n) is 2.55. The number of carboxylic acid groups (broad SMARTS) is 1. The van der Waals surface area contributed by atoms with Crippen LogP contribution in [0.15, 0.2) is 28.9 Å². The van der Waals surface area contributed by atoms with Crippen molar-refractivity contribution in [2.24, 2.45) is 0 Å². The predicted octanol–water partition coefficient (Wildman–Crippen LogP) is 2.22. The maximum Gasteiger partial charge on any atom is 0.323 e. The summed E-state index contributed by atoms with van der Waals surface area (Å²) in [6.45, 7) is 2.08. The summed E-state index contributed by atoms with van der Waals surface area (Å²) in [6, 6.07) is 5.48. The molecule has 6 heteroatoms. The smallest absolute Gasteiger partial charge is 0.323 e. The molecule has 3 rings (SSSR count). The first-order chi connectivity index (χ1) is 9.65. The molecule has 1 aromatic heterocycles. The number of aliphatic carboxylic acids is 1. The molecule has 1 fully saturated rings. The molecule has 0 amide bonds. The summed E-state index contributed by atoms with van der Waals surface area (Å²) in [5, 5.41) is 10.4. The minimum atomic E-state index is -0.828. The lowest BCUT2D eigenvalue weighted by molar-refractivity contribution is -0.150. The molecule has 1 saturated heterocycles. The number of carbonyl (C=O) groups is 1. The first kappa shape index (κ1) is 13.6. The van der Waals surface area contributed by atoms with E-state index < -0.39 is 12.0 Å². The molecule has 1 unspecified atom stereocenters. The Hall–Kier alpha value is -1.37. The number of aromatic amines is 1. The second-order valence-corrected chi connectivity index (χ2v) is 5.82. The van der Waals surface area contributed by atoms with Crippen LogP contribution in [0.5, 0.6) is 0 Å². The van der Waals surface area contributed by atoms with Crippen molar-refractivity contribution in [3.63, 3.8) is 0 Å². The van der Waals surface area contributed by atoms with Crippen LogP contribution in [0.1, 0.15) is 5.56 Å². The second-order valence-electron chi connectivity index (χ2n) is 4.90. The van der Waals surface area contributed by atoms with Crippen LogP contribution in [0, 0.1) is 0 Å². The molecule has 106 valence electrons. The summed E-state index contributed by atoms with van der Waals surface area (Å²) < 4.78 is 6.28. The largest absolute Gasteiger partial charge is 0.480 e. The van der Waals surface area contributed by atoms with Crippen molar-refractivity contribution >= 4 is 32.8 Å². The highest BCUT2D eigenvalue weighted by atomic mass is 79.9. The molecule has 5 nitrogen and oxygen atoms in total. The number of fused-ring (bicyclic) bond motifs is 1. The third-order valence-corrected chi connectivity index (χ3v) is 4.12. The number of nitrogens with zero attached hydrogens (tertiary/aromatic N) is 1. The Morgan fingerprint density at radius 1 is 1.55 bits per heavy atom. The molecule has 0 spiro atoms. The molecule has 1 aliphatic heterocycles. The first-order valence-electron chi connectivity index (χ1n) is 6.45. The summed E-state index contributed by atoms with van der Waals surface area (Å²) in [5.74, 6) is -0.828. The number of carboxylic acids is 1. The molecule has 2 aromatic rings. The van der Waals surface area contributed by atoms with Crippen LogP contribution in [-0.2, 0) is 16.1 Å². The minimum absolute atomic E-state index is 0.251. The number of H-pyrrole nitrogens is 1. The molecule has 1 atom stereocenters. The fourth-order valence-corrected chi connectivity index (χ4v) is 2.92. The molecule has 0 saturated carbocycles. The standard InChI is InChI=1S/C14H15BrN2O3/c15-10-1-2-12-11(5-10)9(6-16-12)7-17-3-4-20-8-13(17)14(18)19/h1-2,5-6,13,16H,3-4,7-8H2,(H,18,19). The van der Waals surface area contributed by atoms with Gasteiger partial charge in [0.25, 0.3) is 0 Å². The monoisotopic (exact) mass is 338 g/mol. The molecule has 0 radical (unpaired) electrons. The molecule has 20 heavy (non-hydrogen) atoms. The van der Waals surface area contributed by atoms with E-state index in [0.717, 1.165) is 20.9 Å².